The molecule has 0 spiro atoms. The minimum absolute atomic E-state index is 0.00782. The second-order valence-corrected chi connectivity index (χ2v) is 7.30. The first-order valence-corrected chi connectivity index (χ1v) is 8.22. The van der Waals surface area contributed by atoms with E-state index in [1.165, 1.54) is 11.3 Å². The summed E-state index contributed by atoms with van der Waals surface area (Å²) >= 11 is 11.2. The minimum Gasteiger partial charge on any atom is -0.350 e. The molecule has 1 heterocycles. The number of aryl methyl sites for hydroxylation is 1. The van der Waals surface area contributed by atoms with E-state index < -0.39 is 0 Å². The van der Waals surface area contributed by atoms with Gasteiger partial charge in [-0.15, -0.1) is 22.9 Å². The summed E-state index contributed by atoms with van der Waals surface area (Å²) in [5.41, 5.74) is 1.09. The summed E-state index contributed by atoms with van der Waals surface area (Å²) < 4.78 is 1.01. The van der Waals surface area contributed by atoms with Crippen molar-refractivity contribution < 1.29 is 4.79 Å². The lowest BCUT2D eigenvalue weighted by molar-refractivity contribution is 0.0955. The highest BCUT2D eigenvalue weighted by Gasteiger charge is 2.18. The van der Waals surface area contributed by atoms with Crippen LogP contribution in [0.2, 0.25) is 0 Å². The van der Waals surface area contributed by atoms with Crippen LogP contribution in [0.4, 0.5) is 0 Å². The molecule has 102 valence electrons. The summed E-state index contributed by atoms with van der Waals surface area (Å²) in [4.78, 5) is 12.7. The molecule has 1 amide bonds. The SMILES string of the molecule is CCC(CC)C(Cl)CNC(=O)c1cc(C)c(Br)s1. The maximum atomic E-state index is 11.9. The normalized spacial score (nSPS) is 12.8. The highest BCUT2D eigenvalue weighted by molar-refractivity contribution is 9.11. The van der Waals surface area contributed by atoms with Crippen LogP contribution in [0.5, 0.6) is 0 Å². The van der Waals surface area contributed by atoms with Gasteiger partial charge in [0.1, 0.15) is 0 Å². The third-order valence-corrected chi connectivity index (χ3v) is 5.74. The van der Waals surface area contributed by atoms with E-state index in [1.807, 2.05) is 13.0 Å². The number of alkyl halides is 1. The molecule has 0 aliphatic heterocycles. The summed E-state index contributed by atoms with van der Waals surface area (Å²) in [5.74, 6) is 0.425. The van der Waals surface area contributed by atoms with Crippen LogP contribution in [0.3, 0.4) is 0 Å². The molecule has 1 rings (SSSR count). The molecule has 18 heavy (non-hydrogen) atoms. The number of hydrogen-bond acceptors (Lipinski definition) is 2. The van der Waals surface area contributed by atoms with E-state index >= 15 is 0 Å². The predicted octanol–water partition coefficient (Wildman–Crippen LogP) is 4.59. The van der Waals surface area contributed by atoms with Gasteiger partial charge in [-0.3, -0.25) is 4.79 Å². The average molecular weight is 353 g/mol. The summed E-state index contributed by atoms with van der Waals surface area (Å²) in [7, 11) is 0. The van der Waals surface area contributed by atoms with Crippen LogP contribution in [0.25, 0.3) is 0 Å². The second kappa shape index (κ2) is 7.51. The molecule has 2 nitrogen and oxygen atoms in total. The van der Waals surface area contributed by atoms with Crippen molar-refractivity contribution in [1.29, 1.82) is 0 Å². The molecule has 0 fully saturated rings. The molecule has 0 aliphatic rings. The third kappa shape index (κ3) is 4.25. The number of hydrogen-bond donors (Lipinski definition) is 1. The largest absolute Gasteiger partial charge is 0.350 e. The number of rotatable bonds is 6. The highest BCUT2D eigenvalue weighted by atomic mass is 79.9. The first kappa shape index (κ1) is 16.0. The smallest absolute Gasteiger partial charge is 0.261 e. The topological polar surface area (TPSA) is 29.1 Å². The van der Waals surface area contributed by atoms with Crippen molar-refractivity contribution >= 4 is 44.8 Å². The number of thiophene rings is 1. The van der Waals surface area contributed by atoms with Gasteiger partial charge in [0.15, 0.2) is 0 Å². The van der Waals surface area contributed by atoms with Gasteiger partial charge < -0.3 is 5.32 Å². The minimum atomic E-state index is -0.0367. The summed E-state index contributed by atoms with van der Waals surface area (Å²) in [6.45, 7) is 6.77. The van der Waals surface area contributed by atoms with Gasteiger partial charge in [-0.1, -0.05) is 26.7 Å². The maximum absolute atomic E-state index is 11.9. The molecule has 5 heteroatoms. The first-order valence-electron chi connectivity index (χ1n) is 6.17. The molecule has 0 aromatic carbocycles. The van der Waals surface area contributed by atoms with Gasteiger partial charge in [-0.05, 0) is 40.4 Å². The fourth-order valence-electron chi connectivity index (χ4n) is 1.82. The van der Waals surface area contributed by atoms with Crippen molar-refractivity contribution in [2.75, 3.05) is 6.54 Å². The van der Waals surface area contributed by atoms with Crippen molar-refractivity contribution in [3.05, 3.63) is 20.3 Å². The molecule has 0 radical (unpaired) electrons. The van der Waals surface area contributed by atoms with Crippen molar-refractivity contribution in [3.63, 3.8) is 0 Å². The van der Waals surface area contributed by atoms with Gasteiger partial charge >= 0.3 is 0 Å². The van der Waals surface area contributed by atoms with Crippen LogP contribution in [0.1, 0.15) is 41.9 Å². The zero-order valence-corrected chi connectivity index (χ0v) is 14.1. The van der Waals surface area contributed by atoms with Gasteiger partial charge in [0, 0.05) is 6.54 Å². The Kier molecular flexibility index (Phi) is 6.67. The molecule has 0 saturated heterocycles. The Hall–Kier alpha value is -0.0600. The maximum Gasteiger partial charge on any atom is 0.261 e. The van der Waals surface area contributed by atoms with E-state index in [2.05, 4.69) is 35.1 Å². The van der Waals surface area contributed by atoms with Crippen LogP contribution in [0.15, 0.2) is 9.85 Å². The lowest BCUT2D eigenvalue weighted by atomic mass is 9.99. The van der Waals surface area contributed by atoms with E-state index in [0.717, 1.165) is 27.1 Å². The molecule has 0 aliphatic carbocycles. The van der Waals surface area contributed by atoms with Crippen molar-refractivity contribution in [3.8, 4) is 0 Å². The molecule has 1 unspecified atom stereocenters. The lowest BCUT2D eigenvalue weighted by Crippen LogP contribution is -2.32. The van der Waals surface area contributed by atoms with E-state index in [4.69, 9.17) is 11.6 Å². The Balaban J connectivity index is 2.51. The van der Waals surface area contributed by atoms with Gasteiger partial charge in [0.2, 0.25) is 0 Å². The Bertz CT molecular complexity index is 384. The average Bonchev–Trinajstić information content (AvgIpc) is 2.68. The lowest BCUT2D eigenvalue weighted by Gasteiger charge is -2.19. The standard InChI is InChI=1S/C13H19BrClNOS/c1-4-9(5-2)10(15)7-16-13(17)11-6-8(3)12(14)18-11/h6,9-10H,4-5,7H2,1-3H3,(H,16,17). The summed E-state index contributed by atoms with van der Waals surface area (Å²) in [6.07, 6.45) is 2.09. The molecular formula is C13H19BrClNOS. The van der Waals surface area contributed by atoms with E-state index in [-0.39, 0.29) is 11.3 Å². The molecule has 1 aromatic rings. The number of carbonyl (C=O) groups is 1. The van der Waals surface area contributed by atoms with E-state index in [9.17, 15) is 4.79 Å². The predicted molar refractivity (Wildman–Crippen MR) is 82.8 cm³/mol. The van der Waals surface area contributed by atoms with Crippen LogP contribution < -0.4 is 5.32 Å². The second-order valence-electron chi connectivity index (χ2n) is 4.37. The molecular weight excluding hydrogens is 334 g/mol. The van der Waals surface area contributed by atoms with Crippen LogP contribution in [-0.2, 0) is 0 Å². The molecule has 1 atom stereocenters. The molecule has 0 saturated carbocycles. The van der Waals surface area contributed by atoms with Gasteiger partial charge in [-0.25, -0.2) is 0 Å². The van der Waals surface area contributed by atoms with Gasteiger partial charge in [0.25, 0.3) is 5.91 Å². The molecule has 1 aromatic heterocycles. The number of halogens is 2. The molecule has 0 bridgehead atoms. The van der Waals surface area contributed by atoms with Crippen molar-refractivity contribution in [1.82, 2.24) is 5.32 Å². The Labute approximate surface area is 126 Å². The molecule has 1 N–H and O–H groups in total. The Morgan fingerprint density at radius 1 is 1.50 bits per heavy atom. The number of carbonyl (C=O) groups excluding carboxylic acids is 1. The fraction of sp³-hybridized carbons (Fsp3) is 0.615. The quantitative estimate of drug-likeness (QED) is 0.745. The zero-order valence-electron chi connectivity index (χ0n) is 10.9. The van der Waals surface area contributed by atoms with Crippen LogP contribution >= 0.6 is 38.9 Å². The first-order chi connectivity index (χ1) is 8.49. The van der Waals surface area contributed by atoms with Crippen molar-refractivity contribution in [2.24, 2.45) is 5.92 Å². The Morgan fingerprint density at radius 3 is 2.56 bits per heavy atom. The van der Waals surface area contributed by atoms with Crippen molar-refractivity contribution in [2.45, 2.75) is 39.0 Å². The zero-order chi connectivity index (χ0) is 13.7. The van der Waals surface area contributed by atoms with Crippen LogP contribution in [0, 0.1) is 12.8 Å². The fourth-order valence-corrected chi connectivity index (χ4v) is 3.70. The summed E-state index contributed by atoms with van der Waals surface area (Å²) in [6, 6.07) is 1.89. The number of amides is 1. The Morgan fingerprint density at radius 2 is 2.11 bits per heavy atom. The highest BCUT2D eigenvalue weighted by Crippen LogP contribution is 2.27. The van der Waals surface area contributed by atoms with E-state index in [0.29, 0.717) is 12.5 Å². The van der Waals surface area contributed by atoms with E-state index in [1.54, 1.807) is 0 Å². The van der Waals surface area contributed by atoms with Gasteiger partial charge in [0.05, 0.1) is 14.0 Å². The van der Waals surface area contributed by atoms with Crippen LogP contribution in [-0.4, -0.2) is 17.8 Å². The third-order valence-electron chi connectivity index (χ3n) is 3.10. The summed E-state index contributed by atoms with van der Waals surface area (Å²) in [5, 5.41) is 2.91. The van der Waals surface area contributed by atoms with Gasteiger partial charge in [-0.2, -0.15) is 0 Å². The number of nitrogens with one attached hydrogen (secondary N) is 1. The monoisotopic (exact) mass is 351 g/mol.